The molecule has 98 valence electrons. The first kappa shape index (κ1) is 13.3. The molecular weight excluding hydrogens is 236 g/mol. The molecule has 0 aliphatic heterocycles. The zero-order valence-electron chi connectivity index (χ0n) is 11.2. The SMILES string of the molecule is CC(C)(c1ccccc1)c1ccc(C(=O)NN)cc1. The van der Waals surface area contributed by atoms with Crippen molar-refractivity contribution in [3.63, 3.8) is 0 Å². The van der Waals surface area contributed by atoms with E-state index in [1.54, 1.807) is 12.1 Å². The molecule has 0 aliphatic rings. The lowest BCUT2D eigenvalue weighted by Gasteiger charge is -2.26. The van der Waals surface area contributed by atoms with E-state index in [2.05, 4.69) is 31.4 Å². The van der Waals surface area contributed by atoms with Crippen molar-refractivity contribution in [1.82, 2.24) is 5.43 Å². The average Bonchev–Trinajstić information content (AvgIpc) is 2.47. The van der Waals surface area contributed by atoms with E-state index in [4.69, 9.17) is 5.84 Å². The monoisotopic (exact) mass is 254 g/mol. The molecule has 2 aromatic rings. The number of nitrogens with one attached hydrogen (secondary N) is 1. The van der Waals surface area contributed by atoms with E-state index in [0.717, 1.165) is 5.56 Å². The molecule has 0 spiro atoms. The molecule has 19 heavy (non-hydrogen) atoms. The Morgan fingerprint density at radius 2 is 1.47 bits per heavy atom. The van der Waals surface area contributed by atoms with Crippen LogP contribution in [0.2, 0.25) is 0 Å². The lowest BCUT2D eigenvalue weighted by molar-refractivity contribution is 0.0953. The summed E-state index contributed by atoms with van der Waals surface area (Å²) in [7, 11) is 0. The summed E-state index contributed by atoms with van der Waals surface area (Å²) in [5, 5.41) is 0. The highest BCUT2D eigenvalue weighted by Crippen LogP contribution is 2.31. The fourth-order valence-electron chi connectivity index (χ4n) is 2.14. The fourth-order valence-corrected chi connectivity index (χ4v) is 2.14. The smallest absolute Gasteiger partial charge is 0.265 e. The molecule has 0 saturated carbocycles. The van der Waals surface area contributed by atoms with E-state index in [1.807, 2.05) is 30.3 Å². The summed E-state index contributed by atoms with van der Waals surface area (Å²) in [6, 6.07) is 17.8. The van der Waals surface area contributed by atoms with Gasteiger partial charge in [-0.1, -0.05) is 56.3 Å². The molecule has 0 saturated heterocycles. The number of benzene rings is 2. The molecule has 3 heteroatoms. The molecule has 0 heterocycles. The molecule has 0 atom stereocenters. The van der Waals surface area contributed by atoms with Gasteiger partial charge in [-0.25, -0.2) is 5.84 Å². The standard InChI is InChI=1S/C16H18N2O/c1-16(2,13-6-4-3-5-7-13)14-10-8-12(9-11-14)15(19)18-17/h3-11H,17H2,1-2H3,(H,18,19). The lowest BCUT2D eigenvalue weighted by Crippen LogP contribution is -2.30. The molecule has 0 unspecified atom stereocenters. The Bertz CT molecular complexity index is 559. The highest BCUT2D eigenvalue weighted by molar-refractivity contribution is 5.93. The van der Waals surface area contributed by atoms with Crippen LogP contribution < -0.4 is 11.3 Å². The summed E-state index contributed by atoms with van der Waals surface area (Å²) in [5.41, 5.74) is 5.00. The van der Waals surface area contributed by atoms with Crippen LogP contribution in [0.3, 0.4) is 0 Å². The van der Waals surface area contributed by atoms with Crippen LogP contribution in [-0.4, -0.2) is 5.91 Å². The second kappa shape index (κ2) is 5.24. The number of hydrogen-bond donors (Lipinski definition) is 2. The normalized spacial score (nSPS) is 11.1. The Balaban J connectivity index is 2.34. The van der Waals surface area contributed by atoms with E-state index < -0.39 is 0 Å². The van der Waals surface area contributed by atoms with Gasteiger partial charge in [0.1, 0.15) is 0 Å². The minimum absolute atomic E-state index is 0.0982. The third kappa shape index (κ3) is 2.66. The molecule has 3 N–H and O–H groups in total. The van der Waals surface area contributed by atoms with Crippen molar-refractivity contribution >= 4 is 5.91 Å². The van der Waals surface area contributed by atoms with Crippen molar-refractivity contribution in [3.05, 3.63) is 71.3 Å². The second-order valence-corrected chi connectivity index (χ2v) is 5.04. The van der Waals surface area contributed by atoms with Gasteiger partial charge < -0.3 is 0 Å². The second-order valence-electron chi connectivity index (χ2n) is 5.04. The van der Waals surface area contributed by atoms with Gasteiger partial charge in [0, 0.05) is 11.0 Å². The maximum atomic E-state index is 11.4. The van der Waals surface area contributed by atoms with Crippen molar-refractivity contribution in [1.29, 1.82) is 0 Å². The van der Waals surface area contributed by atoms with Crippen molar-refractivity contribution in [2.24, 2.45) is 5.84 Å². The Morgan fingerprint density at radius 3 is 2.00 bits per heavy atom. The maximum Gasteiger partial charge on any atom is 0.265 e. The first-order valence-electron chi connectivity index (χ1n) is 6.22. The molecule has 0 aromatic heterocycles. The number of carbonyl (C=O) groups is 1. The van der Waals surface area contributed by atoms with Crippen molar-refractivity contribution in [2.45, 2.75) is 19.3 Å². The van der Waals surface area contributed by atoms with Crippen LogP contribution in [0, 0.1) is 0 Å². The number of carbonyl (C=O) groups excluding carboxylic acids is 1. The third-order valence-corrected chi connectivity index (χ3v) is 3.50. The quantitative estimate of drug-likeness (QED) is 0.502. The number of hydrazine groups is 1. The Morgan fingerprint density at radius 1 is 0.947 bits per heavy atom. The number of amides is 1. The maximum absolute atomic E-state index is 11.4. The number of rotatable bonds is 3. The molecule has 0 fully saturated rings. The topological polar surface area (TPSA) is 55.1 Å². The predicted molar refractivity (Wildman–Crippen MR) is 76.7 cm³/mol. The summed E-state index contributed by atoms with van der Waals surface area (Å²) in [4.78, 5) is 11.4. The van der Waals surface area contributed by atoms with Gasteiger partial charge in [0.2, 0.25) is 0 Å². The molecular formula is C16H18N2O. The summed E-state index contributed by atoms with van der Waals surface area (Å²) in [6.07, 6.45) is 0. The van der Waals surface area contributed by atoms with Gasteiger partial charge >= 0.3 is 0 Å². The Labute approximate surface area is 113 Å². The molecule has 0 bridgehead atoms. The molecule has 2 aromatic carbocycles. The van der Waals surface area contributed by atoms with E-state index in [0.29, 0.717) is 5.56 Å². The first-order valence-corrected chi connectivity index (χ1v) is 6.22. The highest BCUT2D eigenvalue weighted by Gasteiger charge is 2.22. The van der Waals surface area contributed by atoms with Crippen LogP contribution >= 0.6 is 0 Å². The van der Waals surface area contributed by atoms with Gasteiger partial charge in [-0.15, -0.1) is 0 Å². The number of nitrogen functional groups attached to an aromatic ring is 1. The zero-order valence-corrected chi connectivity index (χ0v) is 11.2. The van der Waals surface area contributed by atoms with Crippen LogP contribution in [0.15, 0.2) is 54.6 Å². The van der Waals surface area contributed by atoms with Crippen LogP contribution in [0.4, 0.5) is 0 Å². The molecule has 0 aliphatic carbocycles. The van der Waals surface area contributed by atoms with E-state index >= 15 is 0 Å². The molecule has 0 radical (unpaired) electrons. The van der Waals surface area contributed by atoms with E-state index in [-0.39, 0.29) is 11.3 Å². The predicted octanol–water partition coefficient (Wildman–Crippen LogP) is 2.62. The summed E-state index contributed by atoms with van der Waals surface area (Å²) in [5.74, 6) is 4.85. The van der Waals surface area contributed by atoms with Gasteiger partial charge in [-0.2, -0.15) is 0 Å². The van der Waals surface area contributed by atoms with E-state index in [9.17, 15) is 4.79 Å². The molecule has 1 amide bonds. The highest BCUT2D eigenvalue weighted by atomic mass is 16.2. The van der Waals surface area contributed by atoms with Crippen LogP contribution in [0.1, 0.15) is 35.3 Å². The average molecular weight is 254 g/mol. The van der Waals surface area contributed by atoms with Crippen molar-refractivity contribution in [2.75, 3.05) is 0 Å². The van der Waals surface area contributed by atoms with Crippen LogP contribution in [0.5, 0.6) is 0 Å². The van der Waals surface area contributed by atoms with Gasteiger partial charge in [0.25, 0.3) is 5.91 Å². The van der Waals surface area contributed by atoms with Crippen molar-refractivity contribution in [3.8, 4) is 0 Å². The lowest BCUT2D eigenvalue weighted by atomic mass is 9.78. The van der Waals surface area contributed by atoms with E-state index in [1.165, 1.54) is 5.56 Å². The largest absolute Gasteiger partial charge is 0.290 e. The zero-order chi connectivity index (χ0) is 13.9. The Hall–Kier alpha value is -2.13. The Kier molecular flexibility index (Phi) is 3.67. The first-order chi connectivity index (χ1) is 9.05. The number of nitrogens with two attached hydrogens (primary N) is 1. The summed E-state index contributed by atoms with van der Waals surface area (Å²) in [6.45, 7) is 4.33. The van der Waals surface area contributed by atoms with Gasteiger partial charge in [-0.3, -0.25) is 10.2 Å². The molecule has 3 nitrogen and oxygen atoms in total. The van der Waals surface area contributed by atoms with Gasteiger partial charge in [0.15, 0.2) is 0 Å². The van der Waals surface area contributed by atoms with Crippen LogP contribution in [0.25, 0.3) is 0 Å². The molecule has 2 rings (SSSR count). The minimum Gasteiger partial charge on any atom is -0.290 e. The number of hydrogen-bond acceptors (Lipinski definition) is 2. The summed E-state index contributed by atoms with van der Waals surface area (Å²) >= 11 is 0. The fraction of sp³-hybridized carbons (Fsp3) is 0.188. The van der Waals surface area contributed by atoms with Crippen molar-refractivity contribution < 1.29 is 4.79 Å². The third-order valence-electron chi connectivity index (χ3n) is 3.50. The van der Waals surface area contributed by atoms with Gasteiger partial charge in [-0.05, 0) is 23.3 Å². The summed E-state index contributed by atoms with van der Waals surface area (Å²) < 4.78 is 0. The van der Waals surface area contributed by atoms with Gasteiger partial charge in [0.05, 0.1) is 0 Å². The van der Waals surface area contributed by atoms with Crippen LogP contribution in [-0.2, 0) is 5.41 Å². The minimum atomic E-state index is -0.274.